The Balaban J connectivity index is 2.37. The molecule has 1 aromatic heterocycles. The maximum absolute atomic E-state index is 5.65. The lowest BCUT2D eigenvalue weighted by molar-refractivity contribution is 0.0464. The summed E-state index contributed by atoms with van der Waals surface area (Å²) in [4.78, 5) is 0. The van der Waals surface area contributed by atoms with Crippen LogP contribution >= 0.6 is 0 Å². The molecule has 0 bridgehead atoms. The second kappa shape index (κ2) is 5.83. The van der Waals surface area contributed by atoms with E-state index in [1.165, 1.54) is 0 Å². The van der Waals surface area contributed by atoms with Gasteiger partial charge >= 0.3 is 0 Å². The van der Waals surface area contributed by atoms with Gasteiger partial charge in [0.2, 0.25) is 0 Å². The van der Waals surface area contributed by atoms with E-state index < -0.39 is 0 Å². The molecule has 0 aliphatic rings. The van der Waals surface area contributed by atoms with Crippen molar-refractivity contribution in [3.05, 3.63) is 23.7 Å². The van der Waals surface area contributed by atoms with Gasteiger partial charge in [0.15, 0.2) is 0 Å². The van der Waals surface area contributed by atoms with Crippen molar-refractivity contribution in [3.8, 4) is 0 Å². The predicted molar refractivity (Wildman–Crippen MR) is 55.8 cm³/mol. The second-order valence-corrected chi connectivity index (χ2v) is 3.48. The summed E-state index contributed by atoms with van der Waals surface area (Å²) in [6.45, 7) is 5.28. The molecule has 0 saturated heterocycles. The van der Waals surface area contributed by atoms with Gasteiger partial charge in [0.05, 0.1) is 25.5 Å². The van der Waals surface area contributed by atoms with Crippen molar-refractivity contribution in [2.24, 2.45) is 5.73 Å². The maximum Gasteiger partial charge on any atom is 0.122 e. The number of ether oxygens (including phenoxy) is 1. The third-order valence-corrected chi connectivity index (χ3v) is 2.24. The van der Waals surface area contributed by atoms with E-state index in [4.69, 9.17) is 14.9 Å². The molecule has 3 heteroatoms. The first-order valence-electron chi connectivity index (χ1n) is 5.14. The lowest BCUT2D eigenvalue weighted by Gasteiger charge is -2.11. The molecule has 0 saturated carbocycles. The normalized spacial score (nSPS) is 13.1. The Kier molecular flexibility index (Phi) is 4.70. The monoisotopic (exact) mass is 197 g/mol. The molecular weight excluding hydrogens is 178 g/mol. The van der Waals surface area contributed by atoms with Crippen molar-refractivity contribution in [2.45, 2.75) is 45.9 Å². The lowest BCUT2D eigenvalue weighted by Crippen LogP contribution is -2.08. The third kappa shape index (κ3) is 3.16. The maximum atomic E-state index is 5.65. The highest BCUT2D eigenvalue weighted by molar-refractivity contribution is 5.15. The topological polar surface area (TPSA) is 48.4 Å². The average molecular weight is 197 g/mol. The van der Waals surface area contributed by atoms with Crippen LogP contribution in [0.1, 0.15) is 38.0 Å². The van der Waals surface area contributed by atoms with Crippen LogP contribution in [0.2, 0.25) is 0 Å². The van der Waals surface area contributed by atoms with E-state index in [1.54, 1.807) is 6.26 Å². The van der Waals surface area contributed by atoms with Crippen LogP contribution in [-0.4, -0.2) is 6.10 Å². The van der Waals surface area contributed by atoms with Crippen molar-refractivity contribution in [1.29, 1.82) is 0 Å². The molecule has 0 amide bonds. The Hall–Kier alpha value is -0.800. The number of nitrogens with two attached hydrogens (primary N) is 1. The van der Waals surface area contributed by atoms with E-state index in [2.05, 4.69) is 13.8 Å². The van der Waals surface area contributed by atoms with Crippen LogP contribution < -0.4 is 5.73 Å². The third-order valence-electron chi connectivity index (χ3n) is 2.24. The summed E-state index contributed by atoms with van der Waals surface area (Å²) in [6.07, 6.45) is 4.21. The molecule has 1 rings (SSSR count). The van der Waals surface area contributed by atoms with Crippen LogP contribution in [0.4, 0.5) is 0 Å². The van der Waals surface area contributed by atoms with E-state index in [9.17, 15) is 0 Å². The summed E-state index contributed by atoms with van der Waals surface area (Å²) in [5, 5.41) is 0. The number of hydrogen-bond acceptors (Lipinski definition) is 3. The summed E-state index contributed by atoms with van der Waals surface area (Å²) in [6, 6.07) is 1.92. The van der Waals surface area contributed by atoms with Gasteiger partial charge in [0.25, 0.3) is 0 Å². The number of hydrogen-bond donors (Lipinski definition) is 1. The Labute approximate surface area is 85.2 Å². The van der Waals surface area contributed by atoms with Crippen LogP contribution in [0.5, 0.6) is 0 Å². The fourth-order valence-electron chi connectivity index (χ4n) is 1.40. The summed E-state index contributed by atoms with van der Waals surface area (Å²) >= 11 is 0. The van der Waals surface area contributed by atoms with E-state index in [0.29, 0.717) is 19.3 Å². The Morgan fingerprint density at radius 2 is 2.36 bits per heavy atom. The van der Waals surface area contributed by atoms with Crippen LogP contribution in [0, 0.1) is 0 Å². The zero-order valence-electron chi connectivity index (χ0n) is 8.95. The van der Waals surface area contributed by atoms with Gasteiger partial charge in [-0.1, -0.05) is 13.3 Å². The number of rotatable bonds is 6. The standard InChI is InChI=1S/C11H19NO2/c1-3-4-9(2)14-8-10-5-6-13-11(10)7-12/h5-6,9H,3-4,7-8,12H2,1-2H3. The average Bonchev–Trinajstić information content (AvgIpc) is 2.62. The second-order valence-electron chi connectivity index (χ2n) is 3.48. The van der Waals surface area contributed by atoms with Gasteiger partial charge in [-0.05, 0) is 19.4 Å². The van der Waals surface area contributed by atoms with Gasteiger partial charge in [-0.15, -0.1) is 0 Å². The first-order chi connectivity index (χ1) is 6.77. The summed E-state index contributed by atoms with van der Waals surface area (Å²) < 4.78 is 10.9. The van der Waals surface area contributed by atoms with Gasteiger partial charge < -0.3 is 14.9 Å². The molecule has 1 atom stereocenters. The molecular formula is C11H19NO2. The van der Waals surface area contributed by atoms with Crippen molar-refractivity contribution in [3.63, 3.8) is 0 Å². The number of furan rings is 1. The zero-order chi connectivity index (χ0) is 10.4. The molecule has 80 valence electrons. The molecule has 0 spiro atoms. The highest BCUT2D eigenvalue weighted by atomic mass is 16.5. The highest BCUT2D eigenvalue weighted by Gasteiger charge is 2.06. The van der Waals surface area contributed by atoms with Crippen molar-refractivity contribution in [2.75, 3.05) is 0 Å². The SMILES string of the molecule is CCCC(C)OCc1ccoc1CN. The minimum Gasteiger partial charge on any atom is -0.468 e. The molecule has 1 unspecified atom stereocenters. The van der Waals surface area contributed by atoms with Gasteiger partial charge in [0, 0.05) is 5.56 Å². The zero-order valence-corrected chi connectivity index (χ0v) is 8.95. The molecule has 3 nitrogen and oxygen atoms in total. The molecule has 0 fully saturated rings. The molecule has 1 aromatic rings. The minimum atomic E-state index is 0.306. The van der Waals surface area contributed by atoms with Gasteiger partial charge in [-0.2, -0.15) is 0 Å². The predicted octanol–water partition coefficient (Wildman–Crippen LogP) is 2.44. The molecule has 0 radical (unpaired) electrons. The summed E-state index contributed by atoms with van der Waals surface area (Å²) in [7, 11) is 0. The molecule has 0 aromatic carbocycles. The largest absolute Gasteiger partial charge is 0.468 e. The van der Waals surface area contributed by atoms with Crippen LogP contribution in [0.3, 0.4) is 0 Å². The molecule has 2 N–H and O–H groups in total. The lowest BCUT2D eigenvalue weighted by atomic mass is 10.2. The molecule has 0 aliphatic heterocycles. The minimum absolute atomic E-state index is 0.306. The fraction of sp³-hybridized carbons (Fsp3) is 0.636. The van der Waals surface area contributed by atoms with Crippen LogP contribution in [0.15, 0.2) is 16.7 Å². The van der Waals surface area contributed by atoms with E-state index in [1.807, 2.05) is 6.07 Å². The summed E-state index contributed by atoms with van der Waals surface area (Å²) in [5.41, 5.74) is 6.58. The van der Waals surface area contributed by atoms with E-state index >= 15 is 0 Å². The summed E-state index contributed by atoms with van der Waals surface area (Å²) in [5.74, 6) is 0.827. The quantitative estimate of drug-likeness (QED) is 0.762. The molecule has 14 heavy (non-hydrogen) atoms. The van der Waals surface area contributed by atoms with Gasteiger partial charge in [-0.3, -0.25) is 0 Å². The first-order valence-corrected chi connectivity index (χ1v) is 5.14. The van der Waals surface area contributed by atoms with Crippen molar-refractivity contribution < 1.29 is 9.15 Å². The Morgan fingerprint density at radius 1 is 1.57 bits per heavy atom. The van der Waals surface area contributed by atoms with Crippen molar-refractivity contribution in [1.82, 2.24) is 0 Å². The Bertz CT molecular complexity index is 258. The highest BCUT2D eigenvalue weighted by Crippen LogP contribution is 2.13. The van der Waals surface area contributed by atoms with E-state index in [0.717, 1.165) is 24.2 Å². The van der Waals surface area contributed by atoms with Gasteiger partial charge in [-0.25, -0.2) is 0 Å². The Morgan fingerprint density at radius 3 is 3.00 bits per heavy atom. The smallest absolute Gasteiger partial charge is 0.122 e. The first kappa shape index (κ1) is 11.3. The van der Waals surface area contributed by atoms with Gasteiger partial charge in [0.1, 0.15) is 5.76 Å². The van der Waals surface area contributed by atoms with Crippen molar-refractivity contribution >= 4 is 0 Å². The van der Waals surface area contributed by atoms with Crippen LogP contribution in [0.25, 0.3) is 0 Å². The van der Waals surface area contributed by atoms with Crippen LogP contribution in [-0.2, 0) is 17.9 Å². The molecule has 0 aliphatic carbocycles. The molecule has 1 heterocycles. The fourth-order valence-corrected chi connectivity index (χ4v) is 1.40. The van der Waals surface area contributed by atoms with E-state index in [-0.39, 0.29) is 0 Å².